The minimum atomic E-state index is -0.800. The largest absolute Gasteiger partial charge is 0.508 e. The van der Waals surface area contributed by atoms with Crippen molar-refractivity contribution in [2.75, 3.05) is 7.11 Å². The molecule has 3 aromatic rings. The van der Waals surface area contributed by atoms with Crippen LogP contribution in [0.1, 0.15) is 31.1 Å². The number of ether oxygens (including phenoxy) is 3. The van der Waals surface area contributed by atoms with E-state index in [1.54, 1.807) is 0 Å². The van der Waals surface area contributed by atoms with E-state index in [9.17, 15) is 24.6 Å². The fourth-order valence-electron chi connectivity index (χ4n) is 2.45. The Morgan fingerprint density at radius 1 is 0.667 bits per heavy atom. The molecule has 0 atom stereocenters. The minimum absolute atomic E-state index is 0.000625. The van der Waals surface area contributed by atoms with Gasteiger partial charge in [-0.1, -0.05) is 0 Å². The summed E-state index contributed by atoms with van der Waals surface area (Å²) in [5.74, 6) is -2.34. The molecule has 2 N–H and O–H groups in total. The number of methoxy groups -OCH3 is 1. The fraction of sp³-hybridized carbons (Fsp3) is 0.0455. The fourth-order valence-corrected chi connectivity index (χ4v) is 2.45. The zero-order valence-electron chi connectivity index (χ0n) is 15.7. The number of carbonyl (C=O) groups is 3. The van der Waals surface area contributed by atoms with Gasteiger partial charge in [0.2, 0.25) is 0 Å². The maximum absolute atomic E-state index is 12.3. The van der Waals surface area contributed by atoms with Gasteiger partial charge in [0.05, 0.1) is 18.2 Å². The second kappa shape index (κ2) is 8.78. The molecule has 0 aliphatic rings. The van der Waals surface area contributed by atoms with Crippen LogP contribution >= 0.6 is 0 Å². The second-order valence-electron chi connectivity index (χ2n) is 6.02. The molecular formula is C22H16O8. The number of phenols is 2. The lowest BCUT2D eigenvalue weighted by molar-refractivity contribution is 0.0589. The lowest BCUT2D eigenvalue weighted by atomic mass is 10.1. The van der Waals surface area contributed by atoms with E-state index in [1.165, 1.54) is 66.7 Å². The first-order valence-electron chi connectivity index (χ1n) is 8.62. The number of hydrogen-bond acceptors (Lipinski definition) is 8. The van der Waals surface area contributed by atoms with Crippen molar-refractivity contribution in [3.05, 3.63) is 83.4 Å². The van der Waals surface area contributed by atoms with E-state index in [2.05, 4.69) is 0 Å². The molecule has 0 aromatic heterocycles. The standard InChI is InChI=1S/C22H16O8/c1-28-22(27)18-12-17(29-20(25)13-2-6-15(23)7-3-13)10-11-19(18)30-21(26)14-4-8-16(24)9-5-14/h2-12,23-24H,1H3. The van der Waals surface area contributed by atoms with Crippen molar-refractivity contribution in [3.8, 4) is 23.0 Å². The molecule has 0 bridgehead atoms. The third kappa shape index (κ3) is 4.74. The summed E-state index contributed by atoms with van der Waals surface area (Å²) in [5, 5.41) is 18.6. The number of hydrogen-bond donors (Lipinski definition) is 2. The number of aromatic hydroxyl groups is 2. The Bertz CT molecular complexity index is 1090. The van der Waals surface area contributed by atoms with Crippen molar-refractivity contribution in [3.63, 3.8) is 0 Å². The van der Waals surface area contributed by atoms with E-state index in [0.717, 1.165) is 7.11 Å². The Hall–Kier alpha value is -4.33. The summed E-state index contributed by atoms with van der Waals surface area (Å²) in [5.41, 5.74) is 0.224. The van der Waals surface area contributed by atoms with Gasteiger partial charge >= 0.3 is 17.9 Å². The van der Waals surface area contributed by atoms with Crippen molar-refractivity contribution >= 4 is 17.9 Å². The van der Waals surface area contributed by atoms with Gasteiger partial charge in [0.15, 0.2) is 0 Å². The highest BCUT2D eigenvalue weighted by Crippen LogP contribution is 2.27. The third-order valence-corrected chi connectivity index (χ3v) is 3.98. The van der Waals surface area contributed by atoms with E-state index in [1.807, 2.05) is 0 Å². The summed E-state index contributed by atoms with van der Waals surface area (Å²) in [7, 11) is 1.16. The molecule has 30 heavy (non-hydrogen) atoms. The van der Waals surface area contributed by atoms with E-state index in [0.29, 0.717) is 0 Å². The molecule has 0 saturated heterocycles. The molecule has 3 aromatic carbocycles. The first-order valence-corrected chi connectivity index (χ1v) is 8.62. The van der Waals surface area contributed by atoms with Crippen LogP contribution in [-0.2, 0) is 4.74 Å². The molecule has 0 aliphatic carbocycles. The van der Waals surface area contributed by atoms with Crippen LogP contribution in [0.4, 0.5) is 0 Å². The lowest BCUT2D eigenvalue weighted by Gasteiger charge is -2.11. The summed E-state index contributed by atoms with van der Waals surface area (Å²) in [6, 6.07) is 14.7. The van der Waals surface area contributed by atoms with Crippen LogP contribution in [0, 0.1) is 0 Å². The summed E-state index contributed by atoms with van der Waals surface area (Å²) in [6.07, 6.45) is 0. The molecule has 0 unspecified atom stereocenters. The smallest absolute Gasteiger partial charge is 0.343 e. The quantitative estimate of drug-likeness (QED) is 0.487. The molecule has 8 heteroatoms. The Balaban J connectivity index is 1.83. The van der Waals surface area contributed by atoms with Gasteiger partial charge in [-0.2, -0.15) is 0 Å². The number of benzene rings is 3. The van der Waals surface area contributed by atoms with Crippen LogP contribution < -0.4 is 9.47 Å². The van der Waals surface area contributed by atoms with Gasteiger partial charge in [0.25, 0.3) is 0 Å². The summed E-state index contributed by atoms with van der Waals surface area (Å²) in [4.78, 5) is 36.7. The van der Waals surface area contributed by atoms with Crippen LogP contribution in [0.15, 0.2) is 66.7 Å². The van der Waals surface area contributed by atoms with Crippen molar-refractivity contribution in [2.45, 2.75) is 0 Å². The monoisotopic (exact) mass is 408 g/mol. The van der Waals surface area contributed by atoms with Crippen LogP contribution in [0.3, 0.4) is 0 Å². The average molecular weight is 408 g/mol. The maximum atomic E-state index is 12.3. The zero-order chi connectivity index (χ0) is 21.7. The van der Waals surface area contributed by atoms with Crippen LogP contribution in [0.5, 0.6) is 23.0 Å². The molecule has 0 amide bonds. The molecular weight excluding hydrogens is 392 g/mol. The molecule has 0 radical (unpaired) electrons. The van der Waals surface area contributed by atoms with E-state index >= 15 is 0 Å². The van der Waals surface area contributed by atoms with Gasteiger partial charge in [-0.15, -0.1) is 0 Å². The minimum Gasteiger partial charge on any atom is -0.508 e. The highest BCUT2D eigenvalue weighted by molar-refractivity contribution is 5.97. The van der Waals surface area contributed by atoms with E-state index in [4.69, 9.17) is 14.2 Å². The number of carbonyl (C=O) groups excluding carboxylic acids is 3. The summed E-state index contributed by atoms with van der Waals surface area (Å²) in [6.45, 7) is 0. The van der Waals surface area contributed by atoms with Crippen LogP contribution in [-0.4, -0.2) is 35.2 Å². The molecule has 0 heterocycles. The highest BCUT2D eigenvalue weighted by Gasteiger charge is 2.19. The molecule has 3 rings (SSSR count). The van der Waals surface area contributed by atoms with Crippen molar-refractivity contribution in [2.24, 2.45) is 0 Å². The molecule has 8 nitrogen and oxygen atoms in total. The molecule has 0 fully saturated rings. The normalized spacial score (nSPS) is 10.2. The molecule has 0 saturated carbocycles. The Kier molecular flexibility index (Phi) is 5.97. The van der Waals surface area contributed by atoms with E-state index < -0.39 is 17.9 Å². The topological polar surface area (TPSA) is 119 Å². The van der Waals surface area contributed by atoms with Crippen LogP contribution in [0.2, 0.25) is 0 Å². The first-order chi connectivity index (χ1) is 14.4. The Morgan fingerprint density at radius 3 is 1.67 bits per heavy atom. The van der Waals surface area contributed by atoms with Crippen molar-refractivity contribution < 1.29 is 38.8 Å². The molecule has 0 spiro atoms. The number of esters is 3. The highest BCUT2D eigenvalue weighted by atomic mass is 16.5. The predicted molar refractivity (Wildman–Crippen MR) is 104 cm³/mol. The van der Waals surface area contributed by atoms with Gasteiger partial charge < -0.3 is 24.4 Å². The van der Waals surface area contributed by atoms with Crippen molar-refractivity contribution in [1.82, 2.24) is 0 Å². The Morgan fingerprint density at radius 2 is 1.17 bits per heavy atom. The lowest BCUT2D eigenvalue weighted by Crippen LogP contribution is -2.13. The Labute approximate surface area is 170 Å². The number of rotatable bonds is 5. The zero-order valence-corrected chi connectivity index (χ0v) is 15.7. The average Bonchev–Trinajstić information content (AvgIpc) is 2.75. The number of phenolic OH excluding ortho intramolecular Hbond substituents is 2. The van der Waals surface area contributed by atoms with Gasteiger partial charge in [0.1, 0.15) is 28.6 Å². The first kappa shape index (κ1) is 20.4. The van der Waals surface area contributed by atoms with Gasteiger partial charge in [-0.3, -0.25) is 0 Å². The predicted octanol–water partition coefficient (Wildman–Crippen LogP) is 3.32. The van der Waals surface area contributed by atoms with Gasteiger partial charge in [0, 0.05) is 0 Å². The second-order valence-corrected chi connectivity index (χ2v) is 6.02. The summed E-state index contributed by atoms with van der Waals surface area (Å²) < 4.78 is 15.2. The SMILES string of the molecule is COC(=O)c1cc(OC(=O)c2ccc(O)cc2)ccc1OC(=O)c1ccc(O)cc1. The van der Waals surface area contributed by atoms with Gasteiger partial charge in [-0.25, -0.2) is 14.4 Å². The third-order valence-electron chi connectivity index (χ3n) is 3.98. The molecule has 0 aliphatic heterocycles. The van der Waals surface area contributed by atoms with E-state index in [-0.39, 0.29) is 39.7 Å². The molecule has 152 valence electrons. The van der Waals surface area contributed by atoms with Gasteiger partial charge in [-0.05, 0) is 66.7 Å². The maximum Gasteiger partial charge on any atom is 0.343 e. The van der Waals surface area contributed by atoms with Crippen molar-refractivity contribution in [1.29, 1.82) is 0 Å². The van der Waals surface area contributed by atoms with Crippen LogP contribution in [0.25, 0.3) is 0 Å². The summed E-state index contributed by atoms with van der Waals surface area (Å²) >= 11 is 0.